The molecule has 92 valence electrons. The monoisotopic (exact) mass is 249 g/mol. The standard InChI is InChI=1S/C13H19N3S/c1-10(2)8-16-9-11(3)15-13(16)14-7-12-5-4-6-17-12/h4-6,9-10H,7-8H2,1-3H3,(H,14,15). The Hall–Kier alpha value is -1.29. The fourth-order valence-corrected chi connectivity index (χ4v) is 2.44. The average molecular weight is 249 g/mol. The molecule has 0 spiro atoms. The van der Waals surface area contributed by atoms with Gasteiger partial charge in [0.2, 0.25) is 5.95 Å². The van der Waals surface area contributed by atoms with Crippen LogP contribution in [0.2, 0.25) is 0 Å². The first-order valence-electron chi connectivity index (χ1n) is 5.95. The highest BCUT2D eigenvalue weighted by molar-refractivity contribution is 7.09. The zero-order valence-electron chi connectivity index (χ0n) is 10.6. The quantitative estimate of drug-likeness (QED) is 0.878. The highest BCUT2D eigenvalue weighted by Crippen LogP contribution is 2.14. The summed E-state index contributed by atoms with van der Waals surface area (Å²) in [7, 11) is 0. The molecular weight excluding hydrogens is 230 g/mol. The molecule has 0 saturated heterocycles. The highest BCUT2D eigenvalue weighted by Gasteiger charge is 2.06. The van der Waals surface area contributed by atoms with E-state index in [4.69, 9.17) is 0 Å². The smallest absolute Gasteiger partial charge is 0.203 e. The first-order chi connectivity index (χ1) is 8.15. The van der Waals surface area contributed by atoms with Gasteiger partial charge in [-0.15, -0.1) is 11.3 Å². The molecule has 17 heavy (non-hydrogen) atoms. The summed E-state index contributed by atoms with van der Waals surface area (Å²) in [6.45, 7) is 8.34. The molecule has 2 aromatic heterocycles. The second-order valence-electron chi connectivity index (χ2n) is 4.69. The van der Waals surface area contributed by atoms with Gasteiger partial charge in [-0.1, -0.05) is 19.9 Å². The van der Waals surface area contributed by atoms with E-state index in [1.165, 1.54) is 4.88 Å². The van der Waals surface area contributed by atoms with Crippen molar-refractivity contribution < 1.29 is 0 Å². The van der Waals surface area contributed by atoms with Crippen LogP contribution in [0.1, 0.15) is 24.4 Å². The minimum absolute atomic E-state index is 0.630. The van der Waals surface area contributed by atoms with E-state index in [2.05, 4.69) is 52.4 Å². The molecule has 0 unspecified atom stereocenters. The van der Waals surface area contributed by atoms with E-state index in [1.54, 1.807) is 11.3 Å². The van der Waals surface area contributed by atoms with Crippen LogP contribution in [-0.4, -0.2) is 9.55 Å². The molecule has 0 saturated carbocycles. The Balaban J connectivity index is 2.04. The van der Waals surface area contributed by atoms with Gasteiger partial charge < -0.3 is 9.88 Å². The van der Waals surface area contributed by atoms with Gasteiger partial charge in [0, 0.05) is 17.6 Å². The van der Waals surface area contributed by atoms with Gasteiger partial charge in [0.15, 0.2) is 0 Å². The van der Waals surface area contributed by atoms with Crippen molar-refractivity contribution in [1.82, 2.24) is 9.55 Å². The molecule has 3 nitrogen and oxygen atoms in total. The van der Waals surface area contributed by atoms with Crippen molar-refractivity contribution in [2.24, 2.45) is 5.92 Å². The van der Waals surface area contributed by atoms with Crippen molar-refractivity contribution in [2.45, 2.75) is 33.9 Å². The summed E-state index contributed by atoms with van der Waals surface area (Å²) in [6, 6.07) is 4.22. The van der Waals surface area contributed by atoms with Crippen LogP contribution in [-0.2, 0) is 13.1 Å². The first-order valence-corrected chi connectivity index (χ1v) is 6.83. The number of imidazole rings is 1. The van der Waals surface area contributed by atoms with E-state index in [1.807, 2.05) is 6.92 Å². The van der Waals surface area contributed by atoms with E-state index >= 15 is 0 Å². The van der Waals surface area contributed by atoms with Crippen LogP contribution in [0.4, 0.5) is 5.95 Å². The number of rotatable bonds is 5. The minimum Gasteiger partial charge on any atom is -0.351 e. The molecule has 0 atom stereocenters. The Morgan fingerprint density at radius 3 is 2.94 bits per heavy atom. The molecule has 0 aliphatic heterocycles. The lowest BCUT2D eigenvalue weighted by molar-refractivity contribution is 0.526. The second-order valence-corrected chi connectivity index (χ2v) is 5.72. The fraction of sp³-hybridized carbons (Fsp3) is 0.462. The van der Waals surface area contributed by atoms with Gasteiger partial charge in [-0.25, -0.2) is 4.98 Å². The van der Waals surface area contributed by atoms with Crippen molar-refractivity contribution in [3.8, 4) is 0 Å². The molecule has 0 aliphatic rings. The SMILES string of the molecule is Cc1cn(CC(C)C)c(NCc2cccs2)n1. The Kier molecular flexibility index (Phi) is 3.84. The van der Waals surface area contributed by atoms with Gasteiger partial charge in [-0.2, -0.15) is 0 Å². The van der Waals surface area contributed by atoms with Crippen molar-refractivity contribution in [3.05, 3.63) is 34.3 Å². The van der Waals surface area contributed by atoms with E-state index in [-0.39, 0.29) is 0 Å². The summed E-state index contributed by atoms with van der Waals surface area (Å²) in [5, 5.41) is 5.50. The zero-order valence-corrected chi connectivity index (χ0v) is 11.4. The zero-order chi connectivity index (χ0) is 12.3. The topological polar surface area (TPSA) is 29.9 Å². The Morgan fingerprint density at radius 1 is 1.47 bits per heavy atom. The molecule has 2 heterocycles. The van der Waals surface area contributed by atoms with E-state index in [0.29, 0.717) is 5.92 Å². The lowest BCUT2D eigenvalue weighted by Crippen LogP contribution is -2.09. The summed E-state index contributed by atoms with van der Waals surface area (Å²) < 4.78 is 2.20. The number of aryl methyl sites for hydroxylation is 1. The summed E-state index contributed by atoms with van der Waals surface area (Å²) in [4.78, 5) is 5.85. The average Bonchev–Trinajstić information content (AvgIpc) is 2.84. The molecule has 4 heteroatoms. The van der Waals surface area contributed by atoms with Crippen LogP contribution in [0.5, 0.6) is 0 Å². The molecular formula is C13H19N3S. The van der Waals surface area contributed by atoms with Crippen LogP contribution in [0.15, 0.2) is 23.7 Å². The number of nitrogens with one attached hydrogen (secondary N) is 1. The third-order valence-electron chi connectivity index (χ3n) is 2.46. The number of nitrogens with zero attached hydrogens (tertiary/aromatic N) is 2. The molecule has 0 radical (unpaired) electrons. The molecule has 0 bridgehead atoms. The van der Waals surface area contributed by atoms with Crippen molar-refractivity contribution >= 4 is 17.3 Å². The second kappa shape index (κ2) is 5.36. The Bertz CT molecular complexity index is 457. The van der Waals surface area contributed by atoms with Crippen LogP contribution < -0.4 is 5.32 Å². The number of aromatic nitrogens is 2. The number of hydrogen-bond acceptors (Lipinski definition) is 3. The lowest BCUT2D eigenvalue weighted by Gasteiger charge is -2.11. The normalized spacial score (nSPS) is 11.1. The Labute approximate surface area is 107 Å². The van der Waals surface area contributed by atoms with E-state index < -0.39 is 0 Å². The predicted octanol–water partition coefficient (Wildman–Crippen LogP) is 3.52. The molecule has 2 aromatic rings. The molecule has 2 rings (SSSR count). The fourth-order valence-electron chi connectivity index (χ4n) is 1.80. The molecule has 0 amide bonds. The minimum atomic E-state index is 0.630. The van der Waals surface area contributed by atoms with Crippen LogP contribution >= 0.6 is 11.3 Å². The summed E-state index contributed by atoms with van der Waals surface area (Å²) in [6.07, 6.45) is 2.11. The first kappa shape index (κ1) is 12.2. The molecule has 0 aliphatic carbocycles. The van der Waals surface area contributed by atoms with Crippen molar-refractivity contribution in [2.75, 3.05) is 5.32 Å². The van der Waals surface area contributed by atoms with E-state index in [9.17, 15) is 0 Å². The van der Waals surface area contributed by atoms with Gasteiger partial charge in [0.1, 0.15) is 0 Å². The van der Waals surface area contributed by atoms with Gasteiger partial charge >= 0.3 is 0 Å². The van der Waals surface area contributed by atoms with Crippen molar-refractivity contribution in [3.63, 3.8) is 0 Å². The summed E-state index contributed by atoms with van der Waals surface area (Å²) >= 11 is 1.77. The maximum Gasteiger partial charge on any atom is 0.203 e. The molecule has 1 N–H and O–H groups in total. The lowest BCUT2D eigenvalue weighted by atomic mass is 10.2. The van der Waals surface area contributed by atoms with Crippen LogP contribution in [0.25, 0.3) is 0 Å². The number of thiophene rings is 1. The molecule has 0 fully saturated rings. The predicted molar refractivity (Wildman–Crippen MR) is 73.4 cm³/mol. The maximum absolute atomic E-state index is 4.52. The Morgan fingerprint density at radius 2 is 2.29 bits per heavy atom. The van der Waals surface area contributed by atoms with Crippen LogP contribution in [0, 0.1) is 12.8 Å². The van der Waals surface area contributed by atoms with E-state index in [0.717, 1.165) is 24.7 Å². The van der Waals surface area contributed by atoms with Gasteiger partial charge in [-0.3, -0.25) is 0 Å². The summed E-state index contributed by atoms with van der Waals surface area (Å²) in [5.41, 5.74) is 1.07. The third kappa shape index (κ3) is 3.33. The number of anilines is 1. The third-order valence-corrected chi connectivity index (χ3v) is 3.34. The molecule has 0 aromatic carbocycles. The van der Waals surface area contributed by atoms with Gasteiger partial charge in [0.05, 0.1) is 12.2 Å². The van der Waals surface area contributed by atoms with Gasteiger partial charge in [0.25, 0.3) is 0 Å². The maximum atomic E-state index is 4.52. The highest BCUT2D eigenvalue weighted by atomic mass is 32.1. The van der Waals surface area contributed by atoms with Crippen molar-refractivity contribution in [1.29, 1.82) is 0 Å². The van der Waals surface area contributed by atoms with Crippen LogP contribution in [0.3, 0.4) is 0 Å². The number of hydrogen-bond donors (Lipinski definition) is 1. The largest absolute Gasteiger partial charge is 0.351 e. The van der Waals surface area contributed by atoms with Gasteiger partial charge in [-0.05, 0) is 24.3 Å². The summed E-state index contributed by atoms with van der Waals surface area (Å²) in [5.74, 6) is 1.61.